The van der Waals surface area contributed by atoms with Crippen molar-refractivity contribution in [2.75, 3.05) is 0 Å². The summed E-state index contributed by atoms with van der Waals surface area (Å²) < 4.78 is 12.7. The zero-order valence-corrected chi connectivity index (χ0v) is 22.4. The van der Waals surface area contributed by atoms with Crippen LogP contribution in [0.3, 0.4) is 0 Å². The van der Waals surface area contributed by atoms with E-state index in [1.807, 2.05) is 59.7 Å². The maximum atomic E-state index is 6.37. The van der Waals surface area contributed by atoms with E-state index in [2.05, 4.69) is 92.9 Å². The van der Waals surface area contributed by atoms with Crippen LogP contribution in [-0.2, 0) is 0 Å². The molecule has 42 heavy (non-hydrogen) atoms. The van der Waals surface area contributed by atoms with Gasteiger partial charge in [-0.1, -0.05) is 42.5 Å². The molecule has 0 amide bonds. The second-order valence-corrected chi connectivity index (χ2v) is 10.5. The van der Waals surface area contributed by atoms with Gasteiger partial charge in [0.15, 0.2) is 0 Å². The smallest absolute Gasteiger partial charge is 0.145 e. The predicted molar refractivity (Wildman–Crippen MR) is 168 cm³/mol. The van der Waals surface area contributed by atoms with Gasteiger partial charge in [0.1, 0.15) is 17.1 Å². The highest BCUT2D eigenvalue weighted by Crippen LogP contribution is 2.39. The summed E-state index contributed by atoms with van der Waals surface area (Å²) in [6.07, 6.45) is 7.60. The summed E-state index contributed by atoms with van der Waals surface area (Å²) in [5, 5.41) is 10.1. The fraction of sp³-hybridized carbons (Fsp3) is 0. The van der Waals surface area contributed by atoms with Crippen LogP contribution in [0.2, 0.25) is 0 Å². The Morgan fingerprint density at radius 3 is 2.21 bits per heavy atom. The Bertz CT molecular complexity index is 2440. The van der Waals surface area contributed by atoms with Crippen LogP contribution in [0.5, 0.6) is 11.5 Å². The van der Waals surface area contributed by atoms with Crippen molar-refractivity contribution in [1.82, 2.24) is 23.7 Å². The number of fused-ring (bicyclic) bond motifs is 9. The fourth-order valence-electron chi connectivity index (χ4n) is 6.22. The average molecular weight is 542 g/mol. The molecule has 0 atom stereocenters. The van der Waals surface area contributed by atoms with Gasteiger partial charge in [0.2, 0.25) is 0 Å². The van der Waals surface area contributed by atoms with E-state index in [0.717, 1.165) is 50.2 Å². The van der Waals surface area contributed by atoms with Gasteiger partial charge in [-0.15, -0.1) is 0 Å². The highest BCUT2D eigenvalue weighted by Gasteiger charge is 2.17. The molecule has 4 heterocycles. The van der Waals surface area contributed by atoms with Crippen LogP contribution in [0.4, 0.5) is 0 Å². The molecule has 6 nitrogen and oxygen atoms in total. The Morgan fingerprint density at radius 1 is 0.500 bits per heavy atom. The molecule has 4 aromatic heterocycles. The van der Waals surface area contributed by atoms with Crippen LogP contribution in [0, 0.1) is 0 Å². The minimum atomic E-state index is 0.747. The van der Waals surface area contributed by atoms with Gasteiger partial charge in [0.25, 0.3) is 0 Å². The summed E-state index contributed by atoms with van der Waals surface area (Å²) in [4.78, 5) is 4.78. The summed E-state index contributed by atoms with van der Waals surface area (Å²) in [7, 11) is 0. The molecule has 0 saturated carbocycles. The zero-order chi connectivity index (χ0) is 27.6. The van der Waals surface area contributed by atoms with Crippen LogP contribution in [0.1, 0.15) is 0 Å². The van der Waals surface area contributed by atoms with Crippen LogP contribution in [-0.4, -0.2) is 23.7 Å². The maximum absolute atomic E-state index is 6.37. The zero-order valence-electron chi connectivity index (χ0n) is 22.4. The molecular weight excluding hydrogens is 518 g/mol. The van der Waals surface area contributed by atoms with E-state index >= 15 is 0 Å². The summed E-state index contributed by atoms with van der Waals surface area (Å²) >= 11 is 0. The molecule has 0 unspecified atom stereocenters. The lowest BCUT2D eigenvalue weighted by atomic mass is 10.0. The van der Waals surface area contributed by atoms with Crippen LogP contribution in [0.15, 0.2) is 140 Å². The number of benzene rings is 5. The SMILES string of the molecule is c1ccc(-n2c3ccccc3c3cc4c(cc32)c2ccc(Oc3cccc(-n5cccn5)c3)cc2c2nccn42)cc1. The first-order chi connectivity index (χ1) is 20.8. The highest BCUT2D eigenvalue weighted by molar-refractivity contribution is 6.19. The molecule has 0 N–H and O–H groups in total. The number of imidazole rings is 1. The average Bonchev–Trinajstić information content (AvgIpc) is 3.81. The first-order valence-corrected chi connectivity index (χ1v) is 13.9. The monoisotopic (exact) mass is 541 g/mol. The van der Waals surface area contributed by atoms with E-state index in [-0.39, 0.29) is 0 Å². The van der Waals surface area contributed by atoms with Gasteiger partial charge in [0.05, 0.1) is 22.2 Å². The van der Waals surface area contributed by atoms with Crippen molar-refractivity contribution < 1.29 is 4.74 Å². The number of pyridine rings is 1. The van der Waals surface area contributed by atoms with Crippen molar-refractivity contribution in [2.24, 2.45) is 0 Å². The topological polar surface area (TPSA) is 49.3 Å². The number of aromatic nitrogens is 5. The van der Waals surface area contributed by atoms with Gasteiger partial charge in [-0.2, -0.15) is 5.10 Å². The molecule has 0 radical (unpaired) electrons. The molecular formula is C36H23N5O. The molecule has 0 bridgehead atoms. The first-order valence-electron chi connectivity index (χ1n) is 13.9. The summed E-state index contributed by atoms with van der Waals surface area (Å²) in [6, 6.07) is 40.0. The fourth-order valence-corrected chi connectivity index (χ4v) is 6.22. The Kier molecular flexibility index (Phi) is 4.80. The summed E-state index contributed by atoms with van der Waals surface area (Å²) in [5.41, 5.74) is 6.47. The second-order valence-electron chi connectivity index (χ2n) is 10.5. The van der Waals surface area contributed by atoms with Gasteiger partial charge in [0, 0.05) is 58.1 Å². The van der Waals surface area contributed by atoms with E-state index in [1.54, 1.807) is 6.20 Å². The van der Waals surface area contributed by atoms with Gasteiger partial charge < -0.3 is 9.30 Å². The van der Waals surface area contributed by atoms with Gasteiger partial charge in [-0.05, 0) is 72.1 Å². The maximum Gasteiger partial charge on any atom is 0.145 e. The van der Waals surface area contributed by atoms with Crippen LogP contribution < -0.4 is 4.74 Å². The highest BCUT2D eigenvalue weighted by atomic mass is 16.5. The lowest BCUT2D eigenvalue weighted by Crippen LogP contribution is -1.95. The van der Waals surface area contributed by atoms with Gasteiger partial charge in [-0.3, -0.25) is 4.40 Å². The molecule has 0 aliphatic rings. The number of hydrogen-bond acceptors (Lipinski definition) is 3. The van der Waals surface area contributed by atoms with E-state index in [9.17, 15) is 0 Å². The first kappa shape index (κ1) is 22.9. The van der Waals surface area contributed by atoms with Gasteiger partial charge in [-0.25, -0.2) is 9.67 Å². The van der Waals surface area contributed by atoms with Crippen LogP contribution >= 0.6 is 0 Å². The third-order valence-electron chi connectivity index (χ3n) is 8.05. The lowest BCUT2D eigenvalue weighted by molar-refractivity contribution is 0.483. The molecule has 6 heteroatoms. The van der Waals surface area contributed by atoms with Crippen molar-refractivity contribution in [2.45, 2.75) is 0 Å². The molecule has 0 spiro atoms. The quantitative estimate of drug-likeness (QED) is 0.209. The number of ether oxygens (including phenoxy) is 1. The standard InChI is InChI=1S/C36H23N5O/c1-2-8-24(9-3-1)41-33-13-5-4-12-29(33)31-22-34-30(23-35(31)41)28-15-14-27(21-32(28)36-37-17-19-39(34)36)42-26-11-6-10-25(20-26)40-18-7-16-38-40/h1-23H. The van der Waals surface area contributed by atoms with Gasteiger partial charge >= 0.3 is 0 Å². The predicted octanol–water partition coefficient (Wildman–Crippen LogP) is 8.72. The summed E-state index contributed by atoms with van der Waals surface area (Å²) in [5.74, 6) is 1.50. The Labute approximate surface area is 240 Å². The lowest BCUT2D eigenvalue weighted by Gasteiger charge is -2.13. The molecule has 198 valence electrons. The third-order valence-corrected chi connectivity index (χ3v) is 8.05. The number of para-hydroxylation sites is 2. The van der Waals surface area contributed by atoms with Crippen molar-refractivity contribution in [3.63, 3.8) is 0 Å². The Morgan fingerprint density at radius 2 is 1.31 bits per heavy atom. The molecule has 9 aromatic rings. The Hall–Kier alpha value is -5.88. The molecule has 5 aromatic carbocycles. The molecule has 0 fully saturated rings. The minimum absolute atomic E-state index is 0.747. The molecule has 0 saturated heterocycles. The minimum Gasteiger partial charge on any atom is -0.457 e. The molecule has 0 aliphatic heterocycles. The number of hydrogen-bond donors (Lipinski definition) is 0. The molecule has 0 aliphatic carbocycles. The van der Waals surface area contributed by atoms with E-state index in [1.165, 1.54) is 21.8 Å². The molecule has 9 rings (SSSR count). The normalized spacial score (nSPS) is 11.8. The van der Waals surface area contributed by atoms with Crippen molar-refractivity contribution in [3.8, 4) is 22.9 Å². The van der Waals surface area contributed by atoms with Crippen molar-refractivity contribution in [1.29, 1.82) is 0 Å². The van der Waals surface area contributed by atoms with Crippen LogP contribution in [0.25, 0.3) is 60.5 Å². The third kappa shape index (κ3) is 3.39. The second kappa shape index (κ2) is 8.81. The Balaban J connectivity index is 1.27. The van der Waals surface area contributed by atoms with E-state index in [0.29, 0.717) is 0 Å². The van der Waals surface area contributed by atoms with Crippen molar-refractivity contribution in [3.05, 3.63) is 140 Å². The number of nitrogens with zero attached hydrogens (tertiary/aromatic N) is 5. The van der Waals surface area contributed by atoms with E-state index < -0.39 is 0 Å². The number of rotatable bonds is 4. The van der Waals surface area contributed by atoms with Crippen molar-refractivity contribution >= 4 is 49.1 Å². The summed E-state index contributed by atoms with van der Waals surface area (Å²) in [6.45, 7) is 0. The van der Waals surface area contributed by atoms with E-state index in [4.69, 9.17) is 9.72 Å². The largest absolute Gasteiger partial charge is 0.457 e.